The summed E-state index contributed by atoms with van der Waals surface area (Å²) in [5.74, 6) is -0.507. The molecule has 0 spiro atoms. The van der Waals surface area contributed by atoms with E-state index in [2.05, 4.69) is 20.9 Å². The number of hydroxylamine groups is 2. The number of rotatable bonds is 1. The molecule has 1 aromatic heterocycles. The Morgan fingerprint density at radius 1 is 1.91 bits per heavy atom. The van der Waals surface area contributed by atoms with Gasteiger partial charge in [-0.3, -0.25) is 10.0 Å². The predicted octanol–water partition coefficient (Wildman–Crippen LogP) is 1.37. The van der Waals surface area contributed by atoms with Crippen molar-refractivity contribution in [1.29, 1.82) is 0 Å². The Labute approximate surface area is 75.6 Å². The minimum atomic E-state index is -0.507. The highest BCUT2D eigenvalue weighted by atomic mass is 79.9. The van der Waals surface area contributed by atoms with Crippen LogP contribution in [-0.4, -0.2) is 28.2 Å². The lowest BCUT2D eigenvalue weighted by atomic mass is 10.5. The van der Waals surface area contributed by atoms with E-state index < -0.39 is 5.91 Å². The molecule has 0 saturated heterocycles. The van der Waals surface area contributed by atoms with Crippen molar-refractivity contribution in [3.8, 4) is 0 Å². The summed E-state index contributed by atoms with van der Waals surface area (Å²) in [5.41, 5.74) is 0.242. The number of thiazole rings is 1. The molecule has 0 fully saturated rings. The SMILES string of the molecule is CN(O)C(=O)c1csc(Br)n1. The highest BCUT2D eigenvalue weighted by Gasteiger charge is 2.12. The number of nitrogens with zero attached hydrogens (tertiary/aromatic N) is 2. The molecule has 1 aromatic rings. The summed E-state index contributed by atoms with van der Waals surface area (Å²) in [7, 11) is 1.26. The van der Waals surface area contributed by atoms with Gasteiger partial charge in [0.2, 0.25) is 0 Å². The molecule has 60 valence electrons. The number of hydrogen-bond acceptors (Lipinski definition) is 4. The topological polar surface area (TPSA) is 53.4 Å². The lowest BCUT2D eigenvalue weighted by molar-refractivity contribution is -0.0378. The zero-order valence-electron chi connectivity index (χ0n) is 5.61. The zero-order valence-corrected chi connectivity index (χ0v) is 8.02. The monoisotopic (exact) mass is 236 g/mol. The molecule has 0 saturated carbocycles. The standard InChI is InChI=1S/C5H5BrN2O2S/c1-8(10)4(9)3-2-11-5(6)7-3/h2,10H,1H3. The second-order valence-corrected chi connectivity index (χ2v) is 3.95. The second kappa shape index (κ2) is 3.29. The van der Waals surface area contributed by atoms with Gasteiger partial charge in [0, 0.05) is 12.4 Å². The largest absolute Gasteiger partial charge is 0.296 e. The number of halogens is 1. The molecule has 0 atom stereocenters. The van der Waals surface area contributed by atoms with Crippen molar-refractivity contribution in [1.82, 2.24) is 10.0 Å². The van der Waals surface area contributed by atoms with Gasteiger partial charge < -0.3 is 0 Å². The quantitative estimate of drug-likeness (QED) is 0.592. The number of amides is 1. The predicted molar refractivity (Wildman–Crippen MR) is 43.7 cm³/mol. The first-order valence-electron chi connectivity index (χ1n) is 2.69. The number of hydrogen-bond donors (Lipinski definition) is 1. The van der Waals surface area contributed by atoms with Crippen molar-refractivity contribution in [3.63, 3.8) is 0 Å². The molecule has 6 heteroatoms. The Morgan fingerprint density at radius 2 is 2.55 bits per heavy atom. The number of carbonyl (C=O) groups is 1. The van der Waals surface area contributed by atoms with E-state index in [0.717, 1.165) is 0 Å². The Bertz CT molecular complexity index is 273. The minimum Gasteiger partial charge on any atom is -0.286 e. The van der Waals surface area contributed by atoms with Crippen molar-refractivity contribution in [2.45, 2.75) is 0 Å². The van der Waals surface area contributed by atoms with E-state index in [9.17, 15) is 4.79 Å². The Balaban J connectivity index is 2.85. The third-order valence-corrected chi connectivity index (χ3v) is 2.35. The minimum absolute atomic E-state index is 0.242. The fourth-order valence-electron chi connectivity index (χ4n) is 0.516. The summed E-state index contributed by atoms with van der Waals surface area (Å²) < 4.78 is 0.628. The highest BCUT2D eigenvalue weighted by molar-refractivity contribution is 9.11. The number of aromatic nitrogens is 1. The van der Waals surface area contributed by atoms with Gasteiger partial charge in [0.15, 0.2) is 3.92 Å². The fraction of sp³-hybridized carbons (Fsp3) is 0.200. The molecule has 0 aliphatic heterocycles. The van der Waals surface area contributed by atoms with Crippen LogP contribution in [0.1, 0.15) is 10.5 Å². The first kappa shape index (κ1) is 8.63. The molecule has 0 aromatic carbocycles. The van der Waals surface area contributed by atoms with Gasteiger partial charge in [-0.05, 0) is 15.9 Å². The van der Waals surface area contributed by atoms with Crippen molar-refractivity contribution >= 4 is 33.2 Å². The summed E-state index contributed by atoms with van der Waals surface area (Å²) in [6.45, 7) is 0. The van der Waals surface area contributed by atoms with Gasteiger partial charge >= 0.3 is 0 Å². The summed E-state index contributed by atoms with van der Waals surface area (Å²) in [6, 6.07) is 0. The molecule has 0 aliphatic rings. The van der Waals surface area contributed by atoms with E-state index in [1.54, 1.807) is 5.38 Å². The maximum Gasteiger partial charge on any atom is 0.296 e. The van der Waals surface area contributed by atoms with Crippen LogP contribution in [0, 0.1) is 0 Å². The third-order valence-electron chi connectivity index (χ3n) is 0.989. The third kappa shape index (κ3) is 1.98. The molecule has 0 bridgehead atoms. The van der Waals surface area contributed by atoms with Crippen LogP contribution in [0.4, 0.5) is 0 Å². The van der Waals surface area contributed by atoms with E-state index in [-0.39, 0.29) is 5.69 Å². The van der Waals surface area contributed by atoms with Gasteiger partial charge in [-0.2, -0.15) is 0 Å². The first-order chi connectivity index (χ1) is 5.11. The second-order valence-electron chi connectivity index (χ2n) is 1.81. The highest BCUT2D eigenvalue weighted by Crippen LogP contribution is 2.16. The zero-order chi connectivity index (χ0) is 8.43. The molecule has 1 N–H and O–H groups in total. The molecule has 0 unspecified atom stereocenters. The molecule has 0 aliphatic carbocycles. The summed E-state index contributed by atoms with van der Waals surface area (Å²) >= 11 is 4.40. The molecule has 11 heavy (non-hydrogen) atoms. The Morgan fingerprint density at radius 3 is 2.91 bits per heavy atom. The maximum atomic E-state index is 11.0. The lowest BCUT2D eigenvalue weighted by Crippen LogP contribution is -2.22. The normalized spacial score (nSPS) is 9.73. The van der Waals surface area contributed by atoms with E-state index in [4.69, 9.17) is 5.21 Å². The van der Waals surface area contributed by atoms with Gasteiger partial charge in [-0.1, -0.05) is 0 Å². The molecular weight excluding hydrogens is 232 g/mol. The van der Waals surface area contributed by atoms with E-state index in [1.165, 1.54) is 18.4 Å². The van der Waals surface area contributed by atoms with Gasteiger partial charge in [-0.25, -0.2) is 10.0 Å². The van der Waals surface area contributed by atoms with Gasteiger partial charge in [0.1, 0.15) is 5.69 Å². The van der Waals surface area contributed by atoms with Crippen LogP contribution in [0.3, 0.4) is 0 Å². The summed E-state index contributed by atoms with van der Waals surface area (Å²) in [4.78, 5) is 14.8. The molecule has 1 heterocycles. The Kier molecular flexibility index (Phi) is 2.58. The van der Waals surface area contributed by atoms with Crippen LogP contribution in [0.5, 0.6) is 0 Å². The van der Waals surface area contributed by atoms with Crippen LogP contribution >= 0.6 is 27.3 Å². The summed E-state index contributed by atoms with van der Waals surface area (Å²) in [6.07, 6.45) is 0. The van der Waals surface area contributed by atoms with Gasteiger partial charge in [0.25, 0.3) is 5.91 Å². The first-order valence-corrected chi connectivity index (χ1v) is 4.36. The fourth-order valence-corrected chi connectivity index (χ4v) is 1.50. The van der Waals surface area contributed by atoms with Crippen molar-refractivity contribution in [3.05, 3.63) is 15.0 Å². The van der Waals surface area contributed by atoms with E-state index in [0.29, 0.717) is 8.98 Å². The van der Waals surface area contributed by atoms with Gasteiger partial charge in [0.05, 0.1) is 0 Å². The van der Waals surface area contributed by atoms with Crippen LogP contribution in [0.15, 0.2) is 9.30 Å². The van der Waals surface area contributed by atoms with E-state index in [1.807, 2.05) is 0 Å². The molecule has 0 radical (unpaired) electrons. The van der Waals surface area contributed by atoms with E-state index >= 15 is 0 Å². The molecule has 4 nitrogen and oxygen atoms in total. The van der Waals surface area contributed by atoms with Crippen molar-refractivity contribution < 1.29 is 10.0 Å². The van der Waals surface area contributed by atoms with Crippen molar-refractivity contribution in [2.24, 2.45) is 0 Å². The van der Waals surface area contributed by atoms with Gasteiger partial charge in [-0.15, -0.1) is 11.3 Å². The van der Waals surface area contributed by atoms with Crippen LogP contribution in [-0.2, 0) is 0 Å². The number of carbonyl (C=O) groups excluding carboxylic acids is 1. The smallest absolute Gasteiger partial charge is 0.286 e. The average molecular weight is 237 g/mol. The van der Waals surface area contributed by atoms with Crippen molar-refractivity contribution in [2.75, 3.05) is 7.05 Å². The average Bonchev–Trinajstić information content (AvgIpc) is 2.34. The van der Waals surface area contributed by atoms with Crippen LogP contribution < -0.4 is 0 Å². The summed E-state index contributed by atoms with van der Waals surface area (Å²) in [5, 5.41) is 10.8. The lowest BCUT2D eigenvalue weighted by Gasteiger charge is -2.03. The van der Waals surface area contributed by atoms with Crippen LogP contribution in [0.2, 0.25) is 0 Å². The molecule has 1 rings (SSSR count). The molecular formula is C5H5BrN2O2S. The maximum absolute atomic E-state index is 11.0. The molecule has 1 amide bonds. The Hall–Kier alpha value is -0.460. The van der Waals surface area contributed by atoms with Crippen LogP contribution in [0.25, 0.3) is 0 Å².